The molecule has 2 aromatic carbocycles. The first-order chi connectivity index (χ1) is 10.7. The molecule has 0 spiro atoms. The van der Waals surface area contributed by atoms with Crippen LogP contribution < -0.4 is 10.6 Å². The molecular weight excluding hydrogens is 279 g/mol. The van der Waals surface area contributed by atoms with E-state index in [-0.39, 0.29) is 23.7 Å². The lowest BCUT2D eigenvalue weighted by Gasteiger charge is -2.17. The van der Waals surface area contributed by atoms with Crippen molar-refractivity contribution in [2.45, 2.75) is 18.3 Å². The molecule has 0 heterocycles. The molecule has 0 saturated heterocycles. The van der Waals surface area contributed by atoms with Gasteiger partial charge in [0.05, 0.1) is 12.2 Å². The van der Waals surface area contributed by atoms with E-state index >= 15 is 0 Å². The number of hydrogen-bond donors (Lipinski definition) is 2. The SMILES string of the molecule is O=C(CNc1ccccc1F)NCC1(c2ccccc2)CC1. The molecule has 1 amide bonds. The standard InChI is InChI=1S/C18H19FN2O/c19-15-8-4-5-9-16(15)20-12-17(22)21-13-18(10-11-18)14-6-2-1-3-7-14/h1-9,20H,10-13H2,(H,21,22). The van der Waals surface area contributed by atoms with Crippen molar-refractivity contribution >= 4 is 11.6 Å². The van der Waals surface area contributed by atoms with Gasteiger partial charge in [-0.2, -0.15) is 0 Å². The summed E-state index contributed by atoms with van der Waals surface area (Å²) in [5.41, 5.74) is 1.72. The highest BCUT2D eigenvalue weighted by Crippen LogP contribution is 2.47. The fourth-order valence-corrected chi connectivity index (χ4v) is 2.62. The fraction of sp³-hybridized carbons (Fsp3) is 0.278. The zero-order valence-electron chi connectivity index (χ0n) is 12.3. The third-order valence-corrected chi connectivity index (χ3v) is 4.18. The fourth-order valence-electron chi connectivity index (χ4n) is 2.62. The highest BCUT2D eigenvalue weighted by atomic mass is 19.1. The Hall–Kier alpha value is -2.36. The number of anilines is 1. The van der Waals surface area contributed by atoms with Gasteiger partial charge in [0, 0.05) is 12.0 Å². The lowest BCUT2D eigenvalue weighted by Crippen LogP contribution is -2.36. The van der Waals surface area contributed by atoms with Crippen LogP contribution in [0.25, 0.3) is 0 Å². The van der Waals surface area contributed by atoms with Crippen LogP contribution in [0.5, 0.6) is 0 Å². The molecule has 114 valence electrons. The van der Waals surface area contributed by atoms with Gasteiger partial charge in [0.15, 0.2) is 0 Å². The number of nitrogens with one attached hydrogen (secondary N) is 2. The first-order valence-corrected chi connectivity index (χ1v) is 7.50. The van der Waals surface area contributed by atoms with E-state index in [1.165, 1.54) is 11.6 Å². The summed E-state index contributed by atoms with van der Waals surface area (Å²) in [5.74, 6) is -0.469. The normalized spacial score (nSPS) is 15.1. The Kier molecular flexibility index (Phi) is 4.09. The van der Waals surface area contributed by atoms with Crippen molar-refractivity contribution in [3.05, 3.63) is 66.0 Å². The molecule has 0 unspecified atom stereocenters. The second-order valence-electron chi connectivity index (χ2n) is 5.76. The molecule has 1 saturated carbocycles. The summed E-state index contributed by atoms with van der Waals surface area (Å²) in [4.78, 5) is 11.9. The number of rotatable bonds is 6. The molecule has 0 aliphatic heterocycles. The molecule has 1 aliphatic rings. The predicted molar refractivity (Wildman–Crippen MR) is 85.3 cm³/mol. The number of amides is 1. The van der Waals surface area contributed by atoms with E-state index < -0.39 is 0 Å². The van der Waals surface area contributed by atoms with E-state index in [0.717, 1.165) is 12.8 Å². The Bertz CT molecular complexity index is 653. The quantitative estimate of drug-likeness (QED) is 0.860. The summed E-state index contributed by atoms with van der Waals surface area (Å²) >= 11 is 0. The summed E-state index contributed by atoms with van der Waals surface area (Å²) in [5, 5.41) is 5.77. The van der Waals surface area contributed by atoms with E-state index in [4.69, 9.17) is 0 Å². The van der Waals surface area contributed by atoms with Gasteiger partial charge in [-0.1, -0.05) is 42.5 Å². The van der Waals surface area contributed by atoms with Gasteiger partial charge in [-0.25, -0.2) is 4.39 Å². The molecule has 3 nitrogen and oxygen atoms in total. The summed E-state index contributed by atoms with van der Waals surface area (Å²) < 4.78 is 13.5. The number of benzene rings is 2. The smallest absolute Gasteiger partial charge is 0.239 e. The maximum atomic E-state index is 13.5. The lowest BCUT2D eigenvalue weighted by atomic mass is 9.96. The molecule has 0 radical (unpaired) electrons. The largest absolute Gasteiger partial charge is 0.374 e. The molecule has 0 aromatic heterocycles. The highest BCUT2D eigenvalue weighted by molar-refractivity contribution is 5.80. The second-order valence-corrected chi connectivity index (χ2v) is 5.76. The van der Waals surface area contributed by atoms with Crippen molar-refractivity contribution in [2.24, 2.45) is 0 Å². The highest BCUT2D eigenvalue weighted by Gasteiger charge is 2.44. The monoisotopic (exact) mass is 298 g/mol. The van der Waals surface area contributed by atoms with Gasteiger partial charge in [-0.15, -0.1) is 0 Å². The topological polar surface area (TPSA) is 41.1 Å². The average Bonchev–Trinajstić information content (AvgIpc) is 3.34. The number of carbonyl (C=O) groups is 1. The van der Waals surface area contributed by atoms with Gasteiger partial charge in [-0.3, -0.25) is 4.79 Å². The summed E-state index contributed by atoms with van der Waals surface area (Å²) in [7, 11) is 0. The van der Waals surface area contributed by atoms with Crippen LogP contribution in [0.15, 0.2) is 54.6 Å². The van der Waals surface area contributed by atoms with E-state index in [1.807, 2.05) is 18.2 Å². The van der Waals surface area contributed by atoms with Gasteiger partial charge in [0.2, 0.25) is 5.91 Å². The van der Waals surface area contributed by atoms with Gasteiger partial charge in [0.1, 0.15) is 5.82 Å². The first kappa shape index (κ1) is 14.6. The van der Waals surface area contributed by atoms with Gasteiger partial charge < -0.3 is 10.6 Å². The third-order valence-electron chi connectivity index (χ3n) is 4.18. The summed E-state index contributed by atoms with van der Waals surface area (Å²) in [6.45, 7) is 0.709. The maximum absolute atomic E-state index is 13.5. The second kappa shape index (κ2) is 6.18. The summed E-state index contributed by atoms with van der Waals surface area (Å²) in [6, 6.07) is 16.6. The molecule has 2 aromatic rings. The van der Waals surface area contributed by atoms with Crippen LogP contribution in [-0.2, 0) is 10.2 Å². The van der Waals surface area contributed by atoms with Crippen LogP contribution in [0.1, 0.15) is 18.4 Å². The molecular formula is C18H19FN2O. The zero-order valence-corrected chi connectivity index (χ0v) is 12.3. The van der Waals surface area contributed by atoms with Crippen LogP contribution in [0.2, 0.25) is 0 Å². The Morgan fingerprint density at radius 3 is 2.41 bits per heavy atom. The number of para-hydroxylation sites is 1. The molecule has 2 N–H and O–H groups in total. The van der Waals surface area contributed by atoms with Crippen molar-refractivity contribution in [3.63, 3.8) is 0 Å². The number of hydrogen-bond acceptors (Lipinski definition) is 2. The lowest BCUT2D eigenvalue weighted by molar-refractivity contribution is -0.119. The van der Waals surface area contributed by atoms with E-state index in [1.54, 1.807) is 18.2 Å². The minimum atomic E-state index is -0.349. The average molecular weight is 298 g/mol. The van der Waals surface area contributed by atoms with Crippen LogP contribution in [0.3, 0.4) is 0 Å². The summed E-state index contributed by atoms with van der Waals surface area (Å²) in [6.07, 6.45) is 2.19. The van der Waals surface area contributed by atoms with Crippen molar-refractivity contribution in [3.8, 4) is 0 Å². The van der Waals surface area contributed by atoms with Crippen LogP contribution in [0.4, 0.5) is 10.1 Å². The molecule has 4 heteroatoms. The third kappa shape index (κ3) is 3.27. The molecule has 1 fully saturated rings. The predicted octanol–water partition coefficient (Wildman–Crippen LogP) is 3.09. The van der Waals surface area contributed by atoms with E-state index in [0.29, 0.717) is 12.2 Å². The minimum absolute atomic E-state index is 0.0752. The number of carbonyl (C=O) groups excluding carboxylic acids is 1. The molecule has 22 heavy (non-hydrogen) atoms. The van der Waals surface area contributed by atoms with Gasteiger partial charge in [0.25, 0.3) is 0 Å². The van der Waals surface area contributed by atoms with E-state index in [9.17, 15) is 9.18 Å². The Balaban J connectivity index is 1.50. The van der Waals surface area contributed by atoms with Crippen molar-refractivity contribution < 1.29 is 9.18 Å². The van der Waals surface area contributed by atoms with Gasteiger partial charge >= 0.3 is 0 Å². The number of halogens is 1. The van der Waals surface area contributed by atoms with Crippen molar-refractivity contribution in [1.82, 2.24) is 5.32 Å². The zero-order chi connectivity index (χ0) is 15.4. The van der Waals surface area contributed by atoms with Crippen molar-refractivity contribution in [2.75, 3.05) is 18.4 Å². The molecule has 0 atom stereocenters. The van der Waals surface area contributed by atoms with Crippen molar-refractivity contribution in [1.29, 1.82) is 0 Å². The van der Waals surface area contributed by atoms with Gasteiger partial charge in [-0.05, 0) is 30.5 Å². The van der Waals surface area contributed by atoms with E-state index in [2.05, 4.69) is 22.8 Å². The van der Waals surface area contributed by atoms with Crippen LogP contribution >= 0.6 is 0 Å². The Morgan fingerprint density at radius 2 is 1.73 bits per heavy atom. The molecule has 0 bridgehead atoms. The molecule has 1 aliphatic carbocycles. The first-order valence-electron chi connectivity index (χ1n) is 7.50. The minimum Gasteiger partial charge on any atom is -0.374 e. The maximum Gasteiger partial charge on any atom is 0.239 e. The Morgan fingerprint density at radius 1 is 1.05 bits per heavy atom. The van der Waals surface area contributed by atoms with Crippen LogP contribution in [-0.4, -0.2) is 19.0 Å². The Labute approximate surface area is 129 Å². The van der Waals surface area contributed by atoms with Crippen LogP contribution in [0, 0.1) is 5.82 Å². The molecule has 3 rings (SSSR count).